The van der Waals surface area contributed by atoms with Gasteiger partial charge in [-0.05, 0) is 73.5 Å². The van der Waals surface area contributed by atoms with Gasteiger partial charge in [0, 0.05) is 6.20 Å². The van der Waals surface area contributed by atoms with Crippen molar-refractivity contribution >= 4 is 21.7 Å². The maximum atomic E-state index is 12.8. The van der Waals surface area contributed by atoms with Crippen molar-refractivity contribution in [3.63, 3.8) is 0 Å². The van der Waals surface area contributed by atoms with Gasteiger partial charge in [-0.3, -0.25) is 4.72 Å². The van der Waals surface area contributed by atoms with Crippen molar-refractivity contribution in [3.05, 3.63) is 71.4 Å². The molecule has 2 N–H and O–H groups in total. The third-order valence-electron chi connectivity index (χ3n) is 4.36. The fourth-order valence-electron chi connectivity index (χ4n) is 2.78. The normalized spacial score (nSPS) is 10.8. The summed E-state index contributed by atoms with van der Waals surface area (Å²) in [6.07, 6.45) is 1.51. The number of anilines is 1. The number of benzene rings is 2. The van der Waals surface area contributed by atoms with E-state index in [1.54, 1.807) is 44.2 Å². The van der Waals surface area contributed by atoms with Crippen LogP contribution in [0.15, 0.2) is 59.6 Å². The summed E-state index contributed by atoms with van der Waals surface area (Å²) in [5.41, 5.74) is 1.71. The van der Waals surface area contributed by atoms with Gasteiger partial charge >= 0.3 is 5.97 Å². The average Bonchev–Trinajstić information content (AvgIpc) is 2.75. The van der Waals surface area contributed by atoms with Crippen LogP contribution in [0.1, 0.15) is 16.7 Å². The molecule has 0 atom stereocenters. The number of carboxylic acid groups (broad SMARTS) is 1. The maximum Gasteiger partial charge on any atom is 0.341 e. The maximum absolute atomic E-state index is 12.8. The summed E-state index contributed by atoms with van der Waals surface area (Å²) in [5.74, 6) is -0.285. The van der Waals surface area contributed by atoms with Crippen LogP contribution in [-0.4, -0.2) is 31.1 Å². The molecule has 1 heterocycles. The van der Waals surface area contributed by atoms with E-state index in [1.165, 1.54) is 24.4 Å². The van der Waals surface area contributed by atoms with Gasteiger partial charge in [-0.2, -0.15) is 5.26 Å². The van der Waals surface area contributed by atoms with Crippen LogP contribution in [0.2, 0.25) is 0 Å². The molecule has 9 nitrogen and oxygen atoms in total. The molecule has 0 aliphatic heterocycles. The zero-order chi connectivity index (χ0) is 23.3. The highest BCUT2D eigenvalue weighted by Gasteiger charge is 2.18. The van der Waals surface area contributed by atoms with Gasteiger partial charge in [0.25, 0.3) is 10.0 Å². The minimum Gasteiger partial charge on any atom is -0.482 e. The van der Waals surface area contributed by atoms with E-state index in [4.69, 9.17) is 19.8 Å². The SMILES string of the molecule is Cc1cc(Oc2ncccc2C#N)ccc1NS(=O)(=O)c1ccc(OCC(=O)O)c(C)c1. The number of aryl methyl sites for hydroxylation is 2. The molecule has 10 heteroatoms. The predicted molar refractivity (Wildman–Crippen MR) is 115 cm³/mol. The molecule has 0 saturated heterocycles. The van der Waals surface area contributed by atoms with Crippen molar-refractivity contribution in [1.29, 1.82) is 5.26 Å². The lowest BCUT2D eigenvalue weighted by atomic mass is 10.2. The largest absolute Gasteiger partial charge is 0.482 e. The quantitative estimate of drug-likeness (QED) is 0.527. The van der Waals surface area contributed by atoms with E-state index in [0.717, 1.165) is 0 Å². The Morgan fingerprint density at radius 3 is 2.59 bits per heavy atom. The molecule has 0 radical (unpaired) electrons. The summed E-state index contributed by atoms with van der Waals surface area (Å²) in [6.45, 7) is 2.82. The number of nitriles is 1. The monoisotopic (exact) mass is 453 g/mol. The van der Waals surface area contributed by atoms with Crippen molar-refractivity contribution < 1.29 is 27.8 Å². The number of sulfonamides is 1. The van der Waals surface area contributed by atoms with E-state index in [9.17, 15) is 13.2 Å². The topological polar surface area (TPSA) is 139 Å². The van der Waals surface area contributed by atoms with Crippen molar-refractivity contribution in [1.82, 2.24) is 4.98 Å². The highest BCUT2D eigenvalue weighted by Crippen LogP contribution is 2.29. The van der Waals surface area contributed by atoms with Crippen LogP contribution >= 0.6 is 0 Å². The molecule has 3 aromatic rings. The van der Waals surface area contributed by atoms with Gasteiger partial charge in [0.05, 0.1) is 10.6 Å². The van der Waals surface area contributed by atoms with Crippen molar-refractivity contribution in [2.75, 3.05) is 11.3 Å². The van der Waals surface area contributed by atoms with Crippen molar-refractivity contribution in [2.45, 2.75) is 18.7 Å². The van der Waals surface area contributed by atoms with Crippen LogP contribution in [0, 0.1) is 25.2 Å². The van der Waals surface area contributed by atoms with E-state index < -0.39 is 22.6 Å². The van der Waals surface area contributed by atoms with Crippen molar-refractivity contribution in [2.24, 2.45) is 0 Å². The zero-order valence-electron chi connectivity index (χ0n) is 17.2. The van der Waals surface area contributed by atoms with E-state index >= 15 is 0 Å². The van der Waals surface area contributed by atoms with E-state index in [2.05, 4.69) is 9.71 Å². The van der Waals surface area contributed by atoms with Gasteiger partial charge in [-0.15, -0.1) is 0 Å². The molecule has 0 aliphatic carbocycles. The van der Waals surface area contributed by atoms with Crippen LogP contribution in [0.5, 0.6) is 17.4 Å². The standard InChI is InChI=1S/C22H19N3O6S/c1-14-10-17(31-22-16(12-23)4-3-9-24-22)5-7-19(14)25-32(28,29)18-6-8-20(15(2)11-18)30-13-21(26)27/h3-11,25H,13H2,1-2H3,(H,26,27). The number of carboxylic acids is 1. The number of hydrogen-bond acceptors (Lipinski definition) is 7. The number of pyridine rings is 1. The average molecular weight is 453 g/mol. The van der Waals surface area contributed by atoms with Gasteiger partial charge in [0.1, 0.15) is 23.1 Å². The first-order valence-electron chi connectivity index (χ1n) is 9.31. The molecule has 32 heavy (non-hydrogen) atoms. The van der Waals surface area contributed by atoms with Gasteiger partial charge in [0.15, 0.2) is 6.61 Å². The lowest BCUT2D eigenvalue weighted by Crippen LogP contribution is -2.14. The number of carbonyl (C=O) groups is 1. The van der Waals surface area contributed by atoms with Crippen LogP contribution in [0.4, 0.5) is 5.69 Å². The number of ether oxygens (including phenoxy) is 2. The minimum atomic E-state index is -3.91. The lowest BCUT2D eigenvalue weighted by Gasteiger charge is -2.14. The summed E-state index contributed by atoms with van der Waals surface area (Å²) < 4.78 is 38.9. The zero-order valence-corrected chi connectivity index (χ0v) is 18.0. The van der Waals surface area contributed by atoms with Gasteiger partial charge < -0.3 is 14.6 Å². The Balaban J connectivity index is 1.78. The number of aromatic nitrogens is 1. The second kappa shape index (κ2) is 9.36. The number of aliphatic carboxylic acids is 1. The summed E-state index contributed by atoms with van der Waals surface area (Å²) in [4.78, 5) is 14.7. The third kappa shape index (κ3) is 5.33. The number of nitrogens with zero attached hydrogens (tertiary/aromatic N) is 2. The molecule has 2 aromatic carbocycles. The first-order valence-corrected chi connectivity index (χ1v) is 10.8. The Labute approximate surface area is 184 Å². The minimum absolute atomic E-state index is 0.00421. The Hall–Kier alpha value is -4.10. The summed E-state index contributed by atoms with van der Waals surface area (Å²) >= 11 is 0. The molecule has 0 saturated carbocycles. The second-order valence-electron chi connectivity index (χ2n) is 6.76. The first-order chi connectivity index (χ1) is 15.2. The van der Waals surface area contributed by atoms with Gasteiger partial charge in [-0.1, -0.05) is 0 Å². The van der Waals surface area contributed by atoms with E-state index in [-0.39, 0.29) is 22.1 Å². The van der Waals surface area contributed by atoms with Crippen LogP contribution in [0.3, 0.4) is 0 Å². The highest BCUT2D eigenvalue weighted by molar-refractivity contribution is 7.92. The Kier molecular flexibility index (Phi) is 6.61. The number of nitrogens with one attached hydrogen (secondary N) is 1. The smallest absolute Gasteiger partial charge is 0.341 e. The molecule has 164 valence electrons. The van der Waals surface area contributed by atoms with Gasteiger partial charge in [0.2, 0.25) is 5.88 Å². The molecule has 0 bridgehead atoms. The van der Waals surface area contributed by atoms with Gasteiger partial charge in [-0.25, -0.2) is 18.2 Å². The Morgan fingerprint density at radius 2 is 1.94 bits per heavy atom. The van der Waals surface area contributed by atoms with Crippen LogP contribution in [-0.2, 0) is 14.8 Å². The molecular formula is C22H19N3O6S. The molecule has 0 fully saturated rings. The van der Waals surface area contributed by atoms with E-state index in [0.29, 0.717) is 22.6 Å². The van der Waals surface area contributed by atoms with E-state index in [1.807, 2.05) is 6.07 Å². The lowest BCUT2D eigenvalue weighted by molar-refractivity contribution is -0.139. The molecule has 0 aliphatic rings. The summed E-state index contributed by atoms with van der Waals surface area (Å²) in [7, 11) is -3.91. The Morgan fingerprint density at radius 1 is 1.16 bits per heavy atom. The highest BCUT2D eigenvalue weighted by atomic mass is 32.2. The summed E-state index contributed by atoms with van der Waals surface area (Å²) in [6, 6.07) is 14.1. The third-order valence-corrected chi connectivity index (χ3v) is 5.72. The predicted octanol–water partition coefficient (Wildman–Crippen LogP) is 3.63. The molecule has 0 spiro atoms. The number of rotatable bonds is 8. The molecule has 1 aromatic heterocycles. The second-order valence-corrected chi connectivity index (χ2v) is 8.44. The molecule has 0 amide bonds. The first kappa shape index (κ1) is 22.6. The molecule has 0 unspecified atom stereocenters. The fraction of sp³-hybridized carbons (Fsp3) is 0.136. The molecule has 3 rings (SSSR count). The Bertz CT molecular complexity index is 1320. The number of hydrogen-bond donors (Lipinski definition) is 2. The molecular weight excluding hydrogens is 434 g/mol. The van der Waals surface area contributed by atoms with Crippen LogP contribution < -0.4 is 14.2 Å². The fourth-order valence-corrected chi connectivity index (χ4v) is 3.99. The van der Waals surface area contributed by atoms with Crippen molar-refractivity contribution in [3.8, 4) is 23.4 Å². The van der Waals surface area contributed by atoms with Crippen LogP contribution in [0.25, 0.3) is 0 Å². The summed E-state index contributed by atoms with van der Waals surface area (Å²) in [5, 5.41) is 17.9.